The van der Waals surface area contributed by atoms with Crippen molar-refractivity contribution in [3.8, 4) is 0 Å². The zero-order valence-corrected chi connectivity index (χ0v) is 11.1. The number of nitrogens with one attached hydrogen (secondary N) is 1. The van der Waals surface area contributed by atoms with Gasteiger partial charge in [0.15, 0.2) is 0 Å². The molecule has 1 amide bonds. The third-order valence-electron chi connectivity index (χ3n) is 2.99. The van der Waals surface area contributed by atoms with Crippen LogP contribution in [0.5, 0.6) is 0 Å². The third-order valence-corrected chi connectivity index (χ3v) is 3.96. The van der Waals surface area contributed by atoms with E-state index < -0.39 is 0 Å². The number of likely N-dealkylation sites (tertiary alicyclic amines) is 1. The zero-order chi connectivity index (χ0) is 12.0. The number of nitrogens with two attached hydrogens (primary N) is 1. The minimum Gasteiger partial charge on any atom is -0.354 e. The molecule has 4 nitrogen and oxygen atoms in total. The third kappa shape index (κ3) is 5.18. The molecule has 1 aliphatic heterocycles. The monoisotopic (exact) mass is 245 g/mol. The highest BCUT2D eigenvalue weighted by atomic mass is 32.2. The smallest absolute Gasteiger partial charge is 0.234 e. The molecule has 1 rings (SSSR count). The average molecular weight is 245 g/mol. The number of thioether (sulfide) groups is 1. The van der Waals surface area contributed by atoms with Crippen LogP contribution < -0.4 is 11.1 Å². The summed E-state index contributed by atoms with van der Waals surface area (Å²) < 4.78 is 0. The van der Waals surface area contributed by atoms with E-state index in [2.05, 4.69) is 23.4 Å². The van der Waals surface area contributed by atoms with Gasteiger partial charge >= 0.3 is 0 Å². The number of hydrogen-bond donors (Lipinski definition) is 2. The van der Waals surface area contributed by atoms with E-state index in [9.17, 15) is 4.79 Å². The fraction of sp³-hybridized carbons (Fsp3) is 0.909. The lowest BCUT2D eigenvalue weighted by Gasteiger charge is -2.29. The Balaban J connectivity index is 2.14. The molecule has 0 aromatic rings. The average Bonchev–Trinajstić information content (AvgIpc) is 2.29. The summed E-state index contributed by atoms with van der Waals surface area (Å²) in [6.45, 7) is 5.30. The molecule has 0 saturated carbocycles. The second-order valence-corrected chi connectivity index (χ2v) is 5.74. The second-order valence-electron chi connectivity index (χ2n) is 4.46. The normalized spacial score (nSPS) is 20.7. The molecule has 5 heteroatoms. The maximum absolute atomic E-state index is 11.6. The van der Waals surface area contributed by atoms with Crippen molar-refractivity contribution >= 4 is 17.7 Å². The number of hydrogen-bond acceptors (Lipinski definition) is 4. The van der Waals surface area contributed by atoms with Gasteiger partial charge in [-0.1, -0.05) is 6.92 Å². The van der Waals surface area contributed by atoms with Gasteiger partial charge in [-0.15, -0.1) is 0 Å². The van der Waals surface area contributed by atoms with Gasteiger partial charge in [0.2, 0.25) is 5.91 Å². The standard InChI is InChI=1S/C11H23N3OS/c1-9(16-2)7-13-11(15)8-14-5-3-10(12)4-6-14/h9-10H,3-8,12H2,1-2H3,(H,13,15). The van der Waals surface area contributed by atoms with Crippen molar-refractivity contribution in [1.29, 1.82) is 0 Å². The van der Waals surface area contributed by atoms with Crippen LogP contribution in [0.1, 0.15) is 19.8 Å². The minimum absolute atomic E-state index is 0.136. The number of rotatable bonds is 5. The quantitative estimate of drug-likeness (QED) is 0.730. The van der Waals surface area contributed by atoms with E-state index in [1.807, 2.05) is 0 Å². The van der Waals surface area contributed by atoms with Crippen LogP contribution in [0.3, 0.4) is 0 Å². The van der Waals surface area contributed by atoms with Crippen LogP contribution >= 0.6 is 11.8 Å². The summed E-state index contributed by atoms with van der Waals surface area (Å²) in [6, 6.07) is 0.329. The molecular formula is C11H23N3OS. The summed E-state index contributed by atoms with van der Waals surface area (Å²) in [5.41, 5.74) is 5.81. The number of carbonyl (C=O) groups excluding carboxylic acids is 1. The molecule has 0 aromatic carbocycles. The summed E-state index contributed by atoms with van der Waals surface area (Å²) in [4.78, 5) is 13.8. The van der Waals surface area contributed by atoms with E-state index in [0.717, 1.165) is 32.5 Å². The Morgan fingerprint density at radius 3 is 2.75 bits per heavy atom. The zero-order valence-electron chi connectivity index (χ0n) is 10.2. The van der Waals surface area contributed by atoms with Gasteiger partial charge in [0.1, 0.15) is 0 Å². The Labute approximate surface area is 102 Å². The van der Waals surface area contributed by atoms with Gasteiger partial charge in [0.25, 0.3) is 0 Å². The van der Waals surface area contributed by atoms with Crippen molar-refractivity contribution in [3.63, 3.8) is 0 Å². The van der Waals surface area contributed by atoms with Crippen LogP contribution in [0, 0.1) is 0 Å². The van der Waals surface area contributed by atoms with Crippen LogP contribution in [-0.2, 0) is 4.79 Å². The molecule has 1 heterocycles. The molecule has 1 fully saturated rings. The van der Waals surface area contributed by atoms with E-state index >= 15 is 0 Å². The molecular weight excluding hydrogens is 222 g/mol. The molecule has 0 radical (unpaired) electrons. The van der Waals surface area contributed by atoms with E-state index in [0.29, 0.717) is 17.8 Å². The molecule has 16 heavy (non-hydrogen) atoms. The van der Waals surface area contributed by atoms with Crippen molar-refractivity contribution in [2.75, 3.05) is 32.4 Å². The highest BCUT2D eigenvalue weighted by Gasteiger charge is 2.18. The fourth-order valence-corrected chi connectivity index (χ4v) is 1.96. The van der Waals surface area contributed by atoms with Crippen LogP contribution in [0.2, 0.25) is 0 Å². The van der Waals surface area contributed by atoms with Crippen molar-refractivity contribution < 1.29 is 4.79 Å². The first-order valence-corrected chi connectivity index (χ1v) is 7.18. The molecule has 0 aliphatic carbocycles. The first kappa shape index (κ1) is 13.8. The van der Waals surface area contributed by atoms with Gasteiger partial charge in [-0.05, 0) is 19.1 Å². The van der Waals surface area contributed by atoms with Gasteiger partial charge in [0, 0.05) is 30.9 Å². The highest BCUT2D eigenvalue weighted by Crippen LogP contribution is 2.07. The summed E-state index contributed by atoms with van der Waals surface area (Å²) in [7, 11) is 0. The molecule has 3 N–H and O–H groups in total. The number of carbonyl (C=O) groups is 1. The molecule has 0 spiro atoms. The first-order valence-electron chi connectivity index (χ1n) is 5.89. The lowest BCUT2D eigenvalue weighted by atomic mass is 10.1. The Morgan fingerprint density at radius 1 is 1.56 bits per heavy atom. The van der Waals surface area contributed by atoms with Crippen LogP contribution in [0.4, 0.5) is 0 Å². The Hall–Kier alpha value is -0.260. The fourth-order valence-electron chi connectivity index (χ4n) is 1.71. The van der Waals surface area contributed by atoms with Gasteiger partial charge in [0.05, 0.1) is 6.54 Å². The van der Waals surface area contributed by atoms with E-state index in [4.69, 9.17) is 5.73 Å². The Morgan fingerprint density at radius 2 is 2.19 bits per heavy atom. The largest absolute Gasteiger partial charge is 0.354 e. The molecule has 94 valence electrons. The van der Waals surface area contributed by atoms with E-state index in [1.54, 1.807) is 11.8 Å². The SMILES string of the molecule is CSC(C)CNC(=O)CN1CCC(N)CC1. The van der Waals surface area contributed by atoms with Gasteiger partial charge in [-0.3, -0.25) is 9.69 Å². The van der Waals surface area contributed by atoms with Crippen LogP contribution in [0.15, 0.2) is 0 Å². The summed E-state index contributed by atoms with van der Waals surface area (Å²) in [5.74, 6) is 0.136. The van der Waals surface area contributed by atoms with Crippen molar-refractivity contribution in [2.24, 2.45) is 5.73 Å². The second kappa shape index (κ2) is 7.14. The molecule has 1 atom stereocenters. The maximum atomic E-state index is 11.6. The number of amides is 1. The molecule has 1 saturated heterocycles. The van der Waals surface area contributed by atoms with E-state index in [1.165, 1.54) is 0 Å². The molecule has 1 aliphatic rings. The van der Waals surface area contributed by atoms with Gasteiger partial charge in [-0.25, -0.2) is 0 Å². The topological polar surface area (TPSA) is 58.4 Å². The van der Waals surface area contributed by atoms with Crippen LogP contribution in [0.25, 0.3) is 0 Å². The lowest BCUT2D eigenvalue weighted by molar-refractivity contribution is -0.122. The Bertz CT molecular complexity index is 217. The predicted octanol–water partition coefficient (Wildman–Crippen LogP) is 0.277. The minimum atomic E-state index is 0.136. The van der Waals surface area contributed by atoms with Crippen molar-refractivity contribution in [2.45, 2.75) is 31.1 Å². The summed E-state index contributed by atoms with van der Waals surface area (Å²) in [5, 5.41) is 3.44. The maximum Gasteiger partial charge on any atom is 0.234 e. The molecule has 0 aromatic heterocycles. The van der Waals surface area contributed by atoms with Crippen molar-refractivity contribution in [1.82, 2.24) is 10.2 Å². The van der Waals surface area contributed by atoms with E-state index in [-0.39, 0.29) is 5.91 Å². The van der Waals surface area contributed by atoms with Gasteiger partial charge in [-0.2, -0.15) is 11.8 Å². The van der Waals surface area contributed by atoms with Crippen molar-refractivity contribution in [3.05, 3.63) is 0 Å². The molecule has 1 unspecified atom stereocenters. The predicted molar refractivity (Wildman–Crippen MR) is 69.6 cm³/mol. The highest BCUT2D eigenvalue weighted by molar-refractivity contribution is 7.99. The molecule has 0 bridgehead atoms. The Kier molecular flexibility index (Phi) is 6.16. The summed E-state index contributed by atoms with van der Waals surface area (Å²) in [6.07, 6.45) is 4.08. The van der Waals surface area contributed by atoms with Gasteiger partial charge < -0.3 is 11.1 Å². The first-order chi connectivity index (χ1) is 7.61. The van der Waals surface area contributed by atoms with Crippen LogP contribution in [-0.4, -0.2) is 54.5 Å². The summed E-state index contributed by atoms with van der Waals surface area (Å²) >= 11 is 1.77. The number of nitrogens with zero attached hydrogens (tertiary/aromatic N) is 1. The number of piperidine rings is 1. The lowest BCUT2D eigenvalue weighted by Crippen LogP contribution is -2.45.